The van der Waals surface area contributed by atoms with E-state index in [-0.39, 0.29) is 24.1 Å². The third-order valence-electron chi connectivity index (χ3n) is 4.43. The number of aromatic nitrogens is 2. The minimum Gasteiger partial charge on any atom is -0.461 e. The Hall–Kier alpha value is -3.16. The van der Waals surface area contributed by atoms with Crippen LogP contribution in [0.15, 0.2) is 24.3 Å². The Morgan fingerprint density at radius 3 is 2.78 bits per heavy atom. The van der Waals surface area contributed by atoms with E-state index in [9.17, 15) is 14.4 Å². The number of nitrogens with one attached hydrogen (secondary N) is 1. The molecule has 2 aromatic rings. The second-order valence-electron chi connectivity index (χ2n) is 6.36. The van der Waals surface area contributed by atoms with Crippen LogP contribution < -0.4 is 5.32 Å². The first-order valence-electron chi connectivity index (χ1n) is 8.79. The second-order valence-corrected chi connectivity index (χ2v) is 6.36. The maximum atomic E-state index is 12.9. The molecule has 0 atom stereocenters. The summed E-state index contributed by atoms with van der Waals surface area (Å²) in [7, 11) is 1.79. The van der Waals surface area contributed by atoms with Crippen LogP contribution >= 0.6 is 0 Å². The summed E-state index contributed by atoms with van der Waals surface area (Å²) in [6, 6.07) is 6.81. The van der Waals surface area contributed by atoms with Gasteiger partial charge in [0.25, 0.3) is 5.91 Å². The van der Waals surface area contributed by atoms with Crippen molar-refractivity contribution >= 4 is 23.5 Å². The summed E-state index contributed by atoms with van der Waals surface area (Å²) < 4.78 is 6.76. The zero-order valence-corrected chi connectivity index (χ0v) is 15.6. The fourth-order valence-corrected chi connectivity index (χ4v) is 3.24. The van der Waals surface area contributed by atoms with Gasteiger partial charge in [0, 0.05) is 49.4 Å². The fraction of sp³-hybridized carbons (Fsp3) is 0.368. The molecule has 1 aromatic heterocycles. The van der Waals surface area contributed by atoms with E-state index in [1.54, 1.807) is 47.8 Å². The minimum absolute atomic E-state index is 0.161. The molecule has 0 fully saturated rings. The summed E-state index contributed by atoms with van der Waals surface area (Å²) in [6.07, 6.45) is 0.607. The van der Waals surface area contributed by atoms with Crippen LogP contribution in [-0.4, -0.2) is 45.6 Å². The van der Waals surface area contributed by atoms with E-state index in [0.717, 1.165) is 11.3 Å². The van der Waals surface area contributed by atoms with Crippen molar-refractivity contribution in [1.29, 1.82) is 0 Å². The molecule has 0 bridgehead atoms. The van der Waals surface area contributed by atoms with Crippen molar-refractivity contribution in [1.82, 2.24) is 14.7 Å². The van der Waals surface area contributed by atoms with Crippen molar-refractivity contribution in [2.45, 2.75) is 26.8 Å². The highest BCUT2D eigenvalue weighted by Gasteiger charge is 2.30. The molecule has 0 radical (unpaired) electrons. The van der Waals surface area contributed by atoms with Gasteiger partial charge in [-0.05, 0) is 25.1 Å². The molecule has 1 aliphatic heterocycles. The highest BCUT2D eigenvalue weighted by Crippen LogP contribution is 2.24. The van der Waals surface area contributed by atoms with Gasteiger partial charge in [-0.3, -0.25) is 14.3 Å². The average Bonchev–Trinajstić information content (AvgIpc) is 2.97. The van der Waals surface area contributed by atoms with Gasteiger partial charge < -0.3 is 15.0 Å². The molecule has 1 aromatic carbocycles. The lowest BCUT2D eigenvalue weighted by Gasteiger charge is -2.27. The maximum Gasteiger partial charge on any atom is 0.359 e. The number of rotatable bonds is 4. The van der Waals surface area contributed by atoms with E-state index in [1.807, 2.05) is 0 Å². The minimum atomic E-state index is -0.476. The SMILES string of the molecule is CCOC(=O)c1nn(C)c2c1CN(C(=O)c1cccc(NC(C)=O)c1)CC2. The summed E-state index contributed by atoms with van der Waals surface area (Å²) in [5.41, 5.74) is 2.98. The van der Waals surface area contributed by atoms with Gasteiger partial charge in [-0.25, -0.2) is 4.79 Å². The number of fused-ring (bicyclic) bond motifs is 1. The molecule has 0 unspecified atom stereocenters. The number of ether oxygens (including phenoxy) is 1. The van der Waals surface area contributed by atoms with Crippen molar-refractivity contribution in [3.05, 3.63) is 46.8 Å². The van der Waals surface area contributed by atoms with Crippen molar-refractivity contribution in [2.24, 2.45) is 7.05 Å². The standard InChI is InChI=1S/C19H22N4O4/c1-4-27-19(26)17-15-11-23(9-8-16(15)22(3)21-17)18(25)13-6-5-7-14(10-13)20-12(2)24/h5-7,10H,4,8-9,11H2,1-3H3,(H,20,24). The number of carbonyl (C=O) groups excluding carboxylic acids is 3. The first-order valence-corrected chi connectivity index (χ1v) is 8.79. The zero-order chi connectivity index (χ0) is 19.6. The number of benzene rings is 1. The van der Waals surface area contributed by atoms with E-state index in [0.29, 0.717) is 30.8 Å². The molecule has 1 N–H and O–H groups in total. The number of nitrogens with zero attached hydrogens (tertiary/aromatic N) is 3. The molecule has 1 aliphatic rings. The van der Waals surface area contributed by atoms with Gasteiger partial charge in [-0.1, -0.05) is 6.07 Å². The molecule has 27 heavy (non-hydrogen) atoms. The van der Waals surface area contributed by atoms with Crippen LogP contribution in [0.1, 0.15) is 46.0 Å². The van der Waals surface area contributed by atoms with Gasteiger partial charge in [0.15, 0.2) is 5.69 Å². The largest absolute Gasteiger partial charge is 0.461 e. The Balaban J connectivity index is 1.84. The van der Waals surface area contributed by atoms with Crippen LogP contribution in [0.5, 0.6) is 0 Å². The first-order chi connectivity index (χ1) is 12.9. The average molecular weight is 370 g/mol. The molecule has 2 heterocycles. The van der Waals surface area contributed by atoms with Crippen LogP contribution in [0, 0.1) is 0 Å². The number of anilines is 1. The topological polar surface area (TPSA) is 93.5 Å². The van der Waals surface area contributed by atoms with Crippen molar-refractivity contribution in [3.8, 4) is 0 Å². The predicted octanol–water partition coefficient (Wildman–Crippen LogP) is 1.75. The van der Waals surface area contributed by atoms with Gasteiger partial charge in [0.2, 0.25) is 5.91 Å². The molecule has 0 aliphatic carbocycles. The highest BCUT2D eigenvalue weighted by atomic mass is 16.5. The highest BCUT2D eigenvalue weighted by molar-refractivity contribution is 5.97. The number of aryl methyl sites for hydroxylation is 1. The Bertz CT molecular complexity index is 903. The van der Waals surface area contributed by atoms with Gasteiger partial charge in [-0.15, -0.1) is 0 Å². The number of hydrogen-bond donors (Lipinski definition) is 1. The lowest BCUT2D eigenvalue weighted by molar-refractivity contribution is -0.114. The molecule has 8 heteroatoms. The summed E-state index contributed by atoms with van der Waals surface area (Å²) in [4.78, 5) is 38.0. The normalized spacial score (nSPS) is 13.1. The second kappa shape index (κ2) is 7.61. The zero-order valence-electron chi connectivity index (χ0n) is 15.6. The van der Waals surface area contributed by atoms with E-state index < -0.39 is 5.97 Å². The Morgan fingerprint density at radius 1 is 1.30 bits per heavy atom. The van der Waals surface area contributed by atoms with Crippen LogP contribution in [-0.2, 0) is 29.5 Å². The van der Waals surface area contributed by atoms with Gasteiger partial charge in [-0.2, -0.15) is 5.10 Å². The number of carbonyl (C=O) groups is 3. The third kappa shape index (κ3) is 3.84. The Morgan fingerprint density at radius 2 is 2.07 bits per heavy atom. The summed E-state index contributed by atoms with van der Waals surface area (Å²) in [5.74, 6) is -0.834. The monoisotopic (exact) mass is 370 g/mol. The molecule has 142 valence electrons. The van der Waals surface area contributed by atoms with E-state index in [2.05, 4.69) is 10.4 Å². The van der Waals surface area contributed by atoms with Crippen molar-refractivity contribution < 1.29 is 19.1 Å². The Labute approximate surface area is 157 Å². The van der Waals surface area contributed by atoms with Crippen LogP contribution in [0.3, 0.4) is 0 Å². The van der Waals surface area contributed by atoms with Crippen LogP contribution in [0.4, 0.5) is 5.69 Å². The number of hydrogen-bond acceptors (Lipinski definition) is 5. The molecular formula is C19H22N4O4. The molecule has 3 rings (SSSR count). The predicted molar refractivity (Wildman–Crippen MR) is 98.4 cm³/mol. The van der Waals surface area contributed by atoms with Crippen molar-refractivity contribution in [3.63, 3.8) is 0 Å². The molecule has 0 saturated carbocycles. The van der Waals surface area contributed by atoms with E-state index >= 15 is 0 Å². The van der Waals surface area contributed by atoms with E-state index in [4.69, 9.17) is 4.74 Å². The molecule has 0 spiro atoms. The smallest absolute Gasteiger partial charge is 0.359 e. The van der Waals surface area contributed by atoms with Gasteiger partial charge in [0.05, 0.1) is 13.2 Å². The quantitative estimate of drug-likeness (QED) is 0.828. The molecule has 8 nitrogen and oxygen atoms in total. The molecular weight excluding hydrogens is 348 g/mol. The summed E-state index contributed by atoms with van der Waals surface area (Å²) in [5, 5.41) is 6.96. The first kappa shape index (κ1) is 18.6. The van der Waals surface area contributed by atoms with E-state index in [1.165, 1.54) is 6.92 Å². The van der Waals surface area contributed by atoms with Crippen LogP contribution in [0.25, 0.3) is 0 Å². The van der Waals surface area contributed by atoms with Gasteiger partial charge >= 0.3 is 5.97 Å². The fourth-order valence-electron chi connectivity index (χ4n) is 3.24. The lowest BCUT2D eigenvalue weighted by Crippen LogP contribution is -2.36. The summed E-state index contributed by atoms with van der Waals surface area (Å²) in [6.45, 7) is 4.24. The van der Waals surface area contributed by atoms with Gasteiger partial charge in [0.1, 0.15) is 0 Å². The molecule has 2 amide bonds. The van der Waals surface area contributed by atoms with Crippen LogP contribution in [0.2, 0.25) is 0 Å². The van der Waals surface area contributed by atoms with Crippen molar-refractivity contribution in [2.75, 3.05) is 18.5 Å². The number of amides is 2. The maximum absolute atomic E-state index is 12.9. The molecule has 0 saturated heterocycles. The summed E-state index contributed by atoms with van der Waals surface area (Å²) >= 11 is 0. The Kier molecular flexibility index (Phi) is 5.25. The number of esters is 1. The third-order valence-corrected chi connectivity index (χ3v) is 4.43. The lowest BCUT2D eigenvalue weighted by atomic mass is 10.0.